The van der Waals surface area contributed by atoms with Crippen LogP contribution in [-0.4, -0.2) is 20.8 Å². The van der Waals surface area contributed by atoms with Crippen LogP contribution in [0.5, 0.6) is 0 Å². The van der Waals surface area contributed by atoms with Crippen molar-refractivity contribution in [2.24, 2.45) is 5.14 Å². The van der Waals surface area contributed by atoms with Gasteiger partial charge in [-0.3, -0.25) is 0 Å². The SMILES string of the molecule is NS(=O)(=O)CCCOCc1ccccc1F. The minimum atomic E-state index is -3.43. The first kappa shape index (κ1) is 13.1. The molecule has 0 aliphatic heterocycles. The fourth-order valence-electron chi connectivity index (χ4n) is 1.16. The average molecular weight is 247 g/mol. The van der Waals surface area contributed by atoms with Gasteiger partial charge in [-0.1, -0.05) is 18.2 Å². The third-order valence-electron chi connectivity index (χ3n) is 1.93. The summed E-state index contributed by atoms with van der Waals surface area (Å²) in [6.07, 6.45) is 0.313. The fraction of sp³-hybridized carbons (Fsp3) is 0.400. The molecule has 0 saturated carbocycles. The van der Waals surface area contributed by atoms with E-state index in [0.29, 0.717) is 12.0 Å². The number of hydrogen-bond donors (Lipinski definition) is 1. The summed E-state index contributed by atoms with van der Waals surface area (Å²) >= 11 is 0. The Morgan fingerprint density at radius 1 is 1.31 bits per heavy atom. The molecule has 0 heterocycles. The summed E-state index contributed by atoms with van der Waals surface area (Å²) in [5.41, 5.74) is 0.457. The van der Waals surface area contributed by atoms with Crippen molar-refractivity contribution in [3.63, 3.8) is 0 Å². The Morgan fingerprint density at radius 3 is 2.62 bits per heavy atom. The molecule has 0 amide bonds. The number of sulfonamides is 1. The summed E-state index contributed by atoms with van der Waals surface area (Å²) in [5, 5.41) is 4.81. The molecule has 1 aromatic carbocycles. The highest BCUT2D eigenvalue weighted by molar-refractivity contribution is 7.89. The van der Waals surface area contributed by atoms with E-state index in [1.165, 1.54) is 6.07 Å². The lowest BCUT2D eigenvalue weighted by atomic mass is 10.2. The third-order valence-corrected chi connectivity index (χ3v) is 2.79. The predicted molar refractivity (Wildman–Crippen MR) is 58.6 cm³/mol. The lowest BCUT2D eigenvalue weighted by Crippen LogP contribution is -2.17. The number of primary sulfonamides is 1. The Balaban J connectivity index is 2.24. The molecule has 0 fully saturated rings. The first-order valence-electron chi connectivity index (χ1n) is 4.80. The molecular formula is C10H14FNO3S. The summed E-state index contributed by atoms with van der Waals surface area (Å²) in [6.45, 7) is 0.377. The zero-order valence-electron chi connectivity index (χ0n) is 8.73. The number of benzene rings is 1. The van der Waals surface area contributed by atoms with Gasteiger partial charge in [0, 0.05) is 12.2 Å². The zero-order chi connectivity index (χ0) is 12.0. The Hall–Kier alpha value is -0.980. The van der Waals surface area contributed by atoms with Crippen molar-refractivity contribution in [1.29, 1.82) is 0 Å². The van der Waals surface area contributed by atoms with Gasteiger partial charge in [0.15, 0.2) is 0 Å². The van der Waals surface area contributed by atoms with Crippen LogP contribution in [0.25, 0.3) is 0 Å². The molecular weight excluding hydrogens is 233 g/mol. The fourth-order valence-corrected chi connectivity index (χ4v) is 1.68. The van der Waals surface area contributed by atoms with Crippen LogP contribution in [-0.2, 0) is 21.4 Å². The summed E-state index contributed by atoms with van der Waals surface area (Å²) in [5.74, 6) is -0.446. The van der Waals surface area contributed by atoms with Gasteiger partial charge < -0.3 is 4.74 Å². The van der Waals surface area contributed by atoms with E-state index in [2.05, 4.69) is 0 Å². The molecule has 4 nitrogen and oxygen atoms in total. The largest absolute Gasteiger partial charge is 0.377 e. The minimum Gasteiger partial charge on any atom is -0.377 e. The first-order valence-corrected chi connectivity index (χ1v) is 6.52. The van der Waals surface area contributed by atoms with Gasteiger partial charge in [0.2, 0.25) is 10.0 Å². The summed E-state index contributed by atoms with van der Waals surface area (Å²) in [7, 11) is -3.43. The van der Waals surface area contributed by atoms with Crippen molar-refractivity contribution in [3.8, 4) is 0 Å². The zero-order valence-corrected chi connectivity index (χ0v) is 9.54. The Morgan fingerprint density at radius 2 is 2.00 bits per heavy atom. The van der Waals surface area contributed by atoms with Crippen LogP contribution in [0.2, 0.25) is 0 Å². The van der Waals surface area contributed by atoms with Gasteiger partial charge in [-0.05, 0) is 12.5 Å². The predicted octanol–water partition coefficient (Wildman–Crippen LogP) is 1.02. The second-order valence-corrected chi connectivity index (χ2v) is 5.10. The molecule has 0 spiro atoms. The highest BCUT2D eigenvalue weighted by Crippen LogP contribution is 2.07. The smallest absolute Gasteiger partial charge is 0.209 e. The van der Waals surface area contributed by atoms with E-state index in [1.54, 1.807) is 18.2 Å². The Kier molecular flexibility index (Phi) is 4.85. The van der Waals surface area contributed by atoms with Gasteiger partial charge in [0.25, 0.3) is 0 Å². The topological polar surface area (TPSA) is 69.4 Å². The number of rotatable bonds is 6. The van der Waals surface area contributed by atoms with Crippen molar-refractivity contribution < 1.29 is 17.5 Å². The van der Waals surface area contributed by atoms with Crippen molar-refractivity contribution in [2.45, 2.75) is 13.0 Å². The maximum atomic E-state index is 13.1. The van der Waals surface area contributed by atoms with Gasteiger partial charge in [-0.25, -0.2) is 17.9 Å². The lowest BCUT2D eigenvalue weighted by molar-refractivity contribution is 0.119. The molecule has 0 aliphatic rings. The van der Waals surface area contributed by atoms with E-state index in [4.69, 9.17) is 9.88 Å². The second-order valence-electron chi connectivity index (χ2n) is 3.36. The van der Waals surface area contributed by atoms with Gasteiger partial charge in [-0.2, -0.15) is 0 Å². The number of halogens is 1. The minimum absolute atomic E-state index is 0.121. The molecule has 0 bridgehead atoms. The molecule has 0 saturated heterocycles. The van der Waals surface area contributed by atoms with E-state index < -0.39 is 10.0 Å². The molecule has 0 aliphatic carbocycles. The molecule has 6 heteroatoms. The van der Waals surface area contributed by atoms with Crippen LogP contribution in [0.1, 0.15) is 12.0 Å². The molecule has 0 atom stereocenters. The van der Waals surface area contributed by atoms with Crippen LogP contribution < -0.4 is 5.14 Å². The van der Waals surface area contributed by atoms with E-state index in [1.807, 2.05) is 0 Å². The highest BCUT2D eigenvalue weighted by atomic mass is 32.2. The van der Waals surface area contributed by atoms with Crippen molar-refractivity contribution in [3.05, 3.63) is 35.6 Å². The second kappa shape index (κ2) is 5.93. The highest BCUT2D eigenvalue weighted by Gasteiger charge is 2.03. The molecule has 1 aromatic rings. The third kappa shape index (κ3) is 5.20. The van der Waals surface area contributed by atoms with Crippen LogP contribution in [0, 0.1) is 5.82 Å². The monoisotopic (exact) mass is 247 g/mol. The van der Waals surface area contributed by atoms with E-state index >= 15 is 0 Å². The maximum Gasteiger partial charge on any atom is 0.209 e. The number of ether oxygens (including phenoxy) is 1. The summed E-state index contributed by atoms with van der Waals surface area (Å²) < 4.78 is 39.4. The van der Waals surface area contributed by atoms with E-state index in [-0.39, 0.29) is 24.8 Å². The quantitative estimate of drug-likeness (QED) is 0.763. The molecule has 1 rings (SSSR count). The molecule has 2 N–H and O–H groups in total. The first-order chi connectivity index (χ1) is 7.49. The molecule has 0 aromatic heterocycles. The van der Waals surface area contributed by atoms with E-state index in [9.17, 15) is 12.8 Å². The normalized spacial score (nSPS) is 11.6. The van der Waals surface area contributed by atoms with Crippen LogP contribution in [0.3, 0.4) is 0 Å². The maximum absolute atomic E-state index is 13.1. The van der Waals surface area contributed by atoms with Gasteiger partial charge in [0.05, 0.1) is 12.4 Å². The van der Waals surface area contributed by atoms with Crippen LogP contribution >= 0.6 is 0 Å². The number of hydrogen-bond acceptors (Lipinski definition) is 3. The Bertz CT molecular complexity index is 433. The van der Waals surface area contributed by atoms with Gasteiger partial charge >= 0.3 is 0 Å². The Labute approximate surface area is 94.3 Å². The lowest BCUT2D eigenvalue weighted by Gasteiger charge is -2.04. The van der Waals surface area contributed by atoms with Crippen molar-refractivity contribution >= 4 is 10.0 Å². The summed E-state index contributed by atoms with van der Waals surface area (Å²) in [6, 6.07) is 6.28. The molecule has 90 valence electrons. The number of nitrogens with two attached hydrogens (primary N) is 1. The van der Waals surface area contributed by atoms with Gasteiger partial charge in [-0.15, -0.1) is 0 Å². The van der Waals surface area contributed by atoms with Crippen molar-refractivity contribution in [2.75, 3.05) is 12.4 Å². The molecule has 0 unspecified atom stereocenters. The average Bonchev–Trinajstić information content (AvgIpc) is 2.18. The standard InChI is InChI=1S/C10H14FNO3S/c11-10-5-2-1-4-9(10)8-15-6-3-7-16(12,13)14/h1-2,4-5H,3,6-8H2,(H2,12,13,14). The van der Waals surface area contributed by atoms with Gasteiger partial charge in [0.1, 0.15) is 5.82 Å². The van der Waals surface area contributed by atoms with E-state index in [0.717, 1.165) is 0 Å². The van der Waals surface area contributed by atoms with Crippen LogP contribution in [0.15, 0.2) is 24.3 Å². The van der Waals surface area contributed by atoms with Crippen molar-refractivity contribution in [1.82, 2.24) is 0 Å². The summed E-state index contributed by atoms with van der Waals surface area (Å²) in [4.78, 5) is 0. The molecule has 0 radical (unpaired) electrons. The van der Waals surface area contributed by atoms with Crippen LogP contribution in [0.4, 0.5) is 4.39 Å². The molecule has 16 heavy (non-hydrogen) atoms.